The molecule has 3 heterocycles. The van der Waals surface area contributed by atoms with Gasteiger partial charge in [0, 0.05) is 44.6 Å². The Bertz CT molecular complexity index is 802. The van der Waals surface area contributed by atoms with E-state index in [-0.39, 0.29) is 5.60 Å². The van der Waals surface area contributed by atoms with Gasteiger partial charge in [-0.3, -0.25) is 0 Å². The van der Waals surface area contributed by atoms with Gasteiger partial charge in [0.15, 0.2) is 0 Å². The highest BCUT2D eigenvalue weighted by atomic mass is 32.2. The molecule has 1 aromatic carbocycles. The first-order chi connectivity index (χ1) is 11.9. The van der Waals surface area contributed by atoms with E-state index in [4.69, 9.17) is 4.74 Å². The summed E-state index contributed by atoms with van der Waals surface area (Å²) in [5.74, 6) is 0.918. The Kier molecular flexibility index (Phi) is 4.17. The number of hydrogen-bond acceptors (Lipinski definition) is 3. The van der Waals surface area contributed by atoms with Gasteiger partial charge in [-0.25, -0.2) is 0 Å². The zero-order valence-corrected chi connectivity index (χ0v) is 15.8. The Morgan fingerprint density at radius 3 is 2.24 bits per heavy atom. The van der Waals surface area contributed by atoms with Crippen LogP contribution in [0.3, 0.4) is 0 Å². The van der Waals surface area contributed by atoms with Gasteiger partial charge >= 0.3 is 0 Å². The number of piperidine rings is 1. The Hall–Kier alpha value is -1.37. The van der Waals surface area contributed by atoms with Gasteiger partial charge in [0.2, 0.25) is 0 Å². The molecule has 0 unspecified atom stereocenters. The first-order valence-corrected chi connectivity index (χ1v) is 10.5. The van der Waals surface area contributed by atoms with Gasteiger partial charge in [-0.05, 0) is 56.0 Å². The lowest BCUT2D eigenvalue weighted by Gasteiger charge is -2.42. The van der Waals surface area contributed by atoms with E-state index in [1.807, 2.05) is 0 Å². The molecule has 2 fully saturated rings. The first kappa shape index (κ1) is 17.1. The molecule has 25 heavy (non-hydrogen) atoms. The molecule has 0 saturated carbocycles. The average Bonchev–Trinajstić information content (AvgIpc) is 3.12. The fourth-order valence-corrected chi connectivity index (χ4v) is 5.66. The minimum atomic E-state index is -3.30. The van der Waals surface area contributed by atoms with Gasteiger partial charge in [0.25, 0.3) is 10.2 Å². The smallest absolute Gasteiger partial charge is 0.281 e. The monoisotopic (exact) mass is 362 g/mol. The summed E-state index contributed by atoms with van der Waals surface area (Å²) in [6, 6.07) is 4.25. The van der Waals surface area contributed by atoms with E-state index in [1.54, 1.807) is 8.61 Å². The molecule has 0 amide bonds. The summed E-state index contributed by atoms with van der Waals surface area (Å²) >= 11 is 0. The molecule has 0 atom stereocenters. The lowest BCUT2D eigenvalue weighted by Crippen LogP contribution is -2.52. The number of fused-ring (bicyclic) bond motifs is 1. The van der Waals surface area contributed by atoms with Crippen LogP contribution in [0.1, 0.15) is 42.4 Å². The van der Waals surface area contributed by atoms with E-state index in [0.717, 1.165) is 24.2 Å². The average molecular weight is 362 g/mol. The number of benzene rings is 1. The van der Waals surface area contributed by atoms with Crippen LogP contribution in [0.2, 0.25) is 0 Å². The van der Waals surface area contributed by atoms with Crippen molar-refractivity contribution < 1.29 is 13.2 Å². The van der Waals surface area contributed by atoms with Crippen LogP contribution < -0.4 is 4.74 Å². The Morgan fingerprint density at radius 1 is 0.960 bits per heavy atom. The Labute approximate surface area is 150 Å². The SMILES string of the molecule is Cc1cc2c(cc1C)OC1(C=C2)CCN(S(=O)(=O)N2CCCC2)CC1. The molecule has 0 aliphatic carbocycles. The molecule has 3 aliphatic rings. The van der Waals surface area contributed by atoms with Crippen LogP contribution in [0, 0.1) is 13.8 Å². The summed E-state index contributed by atoms with van der Waals surface area (Å²) in [6.07, 6.45) is 7.60. The molecule has 4 rings (SSSR count). The van der Waals surface area contributed by atoms with E-state index >= 15 is 0 Å². The van der Waals surface area contributed by atoms with Crippen LogP contribution in [0.4, 0.5) is 0 Å². The lowest BCUT2D eigenvalue weighted by molar-refractivity contribution is 0.0605. The molecule has 136 valence electrons. The third-order valence-corrected chi connectivity index (χ3v) is 7.83. The van der Waals surface area contributed by atoms with Crippen molar-refractivity contribution in [1.29, 1.82) is 0 Å². The standard InChI is InChI=1S/C19H26N2O3S/c1-15-13-17-5-6-19(24-18(17)14-16(15)2)7-11-21(12-8-19)25(22,23)20-9-3-4-10-20/h5-6,13-14H,3-4,7-12H2,1-2H3. The number of rotatable bonds is 2. The molecular weight excluding hydrogens is 336 g/mol. The van der Waals surface area contributed by atoms with E-state index in [9.17, 15) is 8.42 Å². The summed E-state index contributed by atoms with van der Waals surface area (Å²) < 4.78 is 35.1. The van der Waals surface area contributed by atoms with Crippen molar-refractivity contribution in [2.75, 3.05) is 26.2 Å². The van der Waals surface area contributed by atoms with Gasteiger partial charge in [-0.15, -0.1) is 0 Å². The van der Waals surface area contributed by atoms with Crippen molar-refractivity contribution in [2.24, 2.45) is 0 Å². The molecule has 0 aromatic heterocycles. The van der Waals surface area contributed by atoms with E-state index < -0.39 is 10.2 Å². The third kappa shape index (κ3) is 3.00. The second kappa shape index (κ2) is 6.11. The molecular formula is C19H26N2O3S. The Balaban J connectivity index is 1.49. The van der Waals surface area contributed by atoms with Crippen LogP contribution in [0.15, 0.2) is 18.2 Å². The quantitative estimate of drug-likeness (QED) is 0.813. The number of ether oxygens (including phenoxy) is 1. The van der Waals surface area contributed by atoms with Crippen LogP contribution in [-0.4, -0.2) is 48.8 Å². The molecule has 1 spiro atoms. The van der Waals surface area contributed by atoms with Gasteiger partial charge in [-0.1, -0.05) is 6.08 Å². The zero-order valence-electron chi connectivity index (χ0n) is 15.0. The Morgan fingerprint density at radius 2 is 1.56 bits per heavy atom. The van der Waals surface area contributed by atoms with E-state index in [1.165, 1.54) is 11.1 Å². The summed E-state index contributed by atoms with van der Waals surface area (Å²) in [4.78, 5) is 0. The number of nitrogens with zero attached hydrogens (tertiary/aromatic N) is 2. The van der Waals surface area contributed by atoms with Crippen LogP contribution in [0.25, 0.3) is 6.08 Å². The predicted octanol–water partition coefficient (Wildman–Crippen LogP) is 2.88. The topological polar surface area (TPSA) is 49.9 Å². The van der Waals surface area contributed by atoms with Crippen molar-refractivity contribution in [2.45, 2.75) is 45.1 Å². The molecule has 5 nitrogen and oxygen atoms in total. The maximum Gasteiger partial charge on any atom is 0.281 e. The van der Waals surface area contributed by atoms with E-state index in [2.05, 4.69) is 38.1 Å². The lowest BCUT2D eigenvalue weighted by atomic mass is 9.88. The van der Waals surface area contributed by atoms with Crippen LogP contribution >= 0.6 is 0 Å². The summed E-state index contributed by atoms with van der Waals surface area (Å²) in [5, 5.41) is 0. The molecule has 3 aliphatic heterocycles. The highest BCUT2D eigenvalue weighted by Gasteiger charge is 2.41. The minimum Gasteiger partial charge on any atom is -0.482 e. The number of aryl methyl sites for hydroxylation is 2. The van der Waals surface area contributed by atoms with E-state index in [0.29, 0.717) is 39.0 Å². The van der Waals surface area contributed by atoms with Crippen molar-refractivity contribution >= 4 is 16.3 Å². The minimum absolute atomic E-state index is 0.369. The molecule has 1 aromatic rings. The van der Waals surface area contributed by atoms with Gasteiger partial charge in [0.05, 0.1) is 0 Å². The maximum absolute atomic E-state index is 12.7. The zero-order chi connectivity index (χ0) is 17.7. The fraction of sp³-hybridized carbons (Fsp3) is 0.579. The summed E-state index contributed by atoms with van der Waals surface area (Å²) in [5.41, 5.74) is 3.22. The van der Waals surface area contributed by atoms with Gasteiger partial charge in [0.1, 0.15) is 11.4 Å². The van der Waals surface area contributed by atoms with Crippen LogP contribution in [0.5, 0.6) is 5.75 Å². The summed E-state index contributed by atoms with van der Waals surface area (Å²) in [6.45, 7) is 6.55. The van der Waals surface area contributed by atoms with Crippen molar-refractivity contribution in [1.82, 2.24) is 8.61 Å². The molecule has 0 bridgehead atoms. The normalized spacial score (nSPS) is 23.6. The van der Waals surface area contributed by atoms with Crippen molar-refractivity contribution in [3.05, 3.63) is 34.9 Å². The van der Waals surface area contributed by atoms with Crippen molar-refractivity contribution in [3.8, 4) is 5.75 Å². The fourth-order valence-electron chi connectivity index (χ4n) is 3.97. The maximum atomic E-state index is 12.7. The first-order valence-electron chi connectivity index (χ1n) is 9.14. The number of hydrogen-bond donors (Lipinski definition) is 0. The molecule has 0 radical (unpaired) electrons. The highest BCUT2D eigenvalue weighted by Crippen LogP contribution is 2.39. The van der Waals surface area contributed by atoms with Crippen LogP contribution in [-0.2, 0) is 10.2 Å². The largest absolute Gasteiger partial charge is 0.482 e. The molecule has 0 N–H and O–H groups in total. The third-order valence-electron chi connectivity index (χ3n) is 5.79. The molecule has 6 heteroatoms. The second-order valence-electron chi connectivity index (χ2n) is 7.49. The summed E-state index contributed by atoms with van der Waals surface area (Å²) in [7, 11) is -3.30. The highest BCUT2D eigenvalue weighted by molar-refractivity contribution is 7.86. The molecule has 2 saturated heterocycles. The second-order valence-corrected chi connectivity index (χ2v) is 9.42. The predicted molar refractivity (Wildman–Crippen MR) is 98.8 cm³/mol. The van der Waals surface area contributed by atoms with Crippen molar-refractivity contribution in [3.63, 3.8) is 0 Å². The van der Waals surface area contributed by atoms with Gasteiger partial charge < -0.3 is 4.74 Å². The van der Waals surface area contributed by atoms with Gasteiger partial charge in [-0.2, -0.15) is 17.0 Å².